The van der Waals surface area contributed by atoms with Gasteiger partial charge in [-0.15, -0.1) is 0 Å². The molecule has 1 N–H and O–H groups in total. The fraction of sp³-hybridized carbons (Fsp3) is 0.174. The highest BCUT2D eigenvalue weighted by molar-refractivity contribution is 7.89. The van der Waals surface area contributed by atoms with E-state index in [4.69, 9.17) is 32.7 Å². The van der Waals surface area contributed by atoms with Crippen molar-refractivity contribution < 1.29 is 17.9 Å². The summed E-state index contributed by atoms with van der Waals surface area (Å²) in [6.07, 6.45) is 1.40. The molecule has 0 saturated carbocycles. The van der Waals surface area contributed by atoms with Crippen LogP contribution in [0.25, 0.3) is 0 Å². The molecule has 0 aliphatic carbocycles. The van der Waals surface area contributed by atoms with Gasteiger partial charge in [0.25, 0.3) is 10.0 Å². The number of hydrazone groups is 1. The van der Waals surface area contributed by atoms with Crippen LogP contribution >= 0.6 is 23.2 Å². The van der Waals surface area contributed by atoms with Gasteiger partial charge in [0.05, 0.1) is 27.8 Å². The molecule has 0 saturated heterocycles. The second-order valence-electron chi connectivity index (χ2n) is 6.84. The molecule has 0 aliphatic heterocycles. The Bertz CT molecular complexity index is 1210. The van der Waals surface area contributed by atoms with Crippen LogP contribution in [-0.4, -0.2) is 21.2 Å². The van der Waals surface area contributed by atoms with Gasteiger partial charge in [-0.1, -0.05) is 47.0 Å². The first-order chi connectivity index (χ1) is 15.3. The van der Waals surface area contributed by atoms with Gasteiger partial charge in [-0.05, 0) is 67.4 Å². The highest BCUT2D eigenvalue weighted by Crippen LogP contribution is 2.30. The van der Waals surface area contributed by atoms with Crippen LogP contribution in [0.2, 0.25) is 10.0 Å². The van der Waals surface area contributed by atoms with Crippen LogP contribution in [0.5, 0.6) is 11.5 Å². The summed E-state index contributed by atoms with van der Waals surface area (Å²) in [6, 6.07) is 17.0. The molecule has 0 unspecified atom stereocenters. The van der Waals surface area contributed by atoms with E-state index in [0.29, 0.717) is 33.7 Å². The van der Waals surface area contributed by atoms with Gasteiger partial charge in [0.15, 0.2) is 11.5 Å². The van der Waals surface area contributed by atoms with Crippen LogP contribution in [0.3, 0.4) is 0 Å². The van der Waals surface area contributed by atoms with E-state index in [9.17, 15) is 8.42 Å². The second-order valence-corrected chi connectivity index (χ2v) is 9.32. The number of hydrogen-bond acceptors (Lipinski definition) is 5. The zero-order chi connectivity index (χ0) is 23.1. The molecule has 0 radical (unpaired) electrons. The number of ether oxygens (including phenoxy) is 2. The Hall–Kier alpha value is -2.74. The van der Waals surface area contributed by atoms with Gasteiger partial charge < -0.3 is 9.47 Å². The Morgan fingerprint density at radius 3 is 2.38 bits per heavy atom. The van der Waals surface area contributed by atoms with Crippen LogP contribution in [0.4, 0.5) is 0 Å². The molecule has 6 nitrogen and oxygen atoms in total. The van der Waals surface area contributed by atoms with Crippen LogP contribution in [0.1, 0.15) is 23.6 Å². The van der Waals surface area contributed by atoms with Crippen molar-refractivity contribution in [2.75, 3.05) is 6.61 Å². The summed E-state index contributed by atoms with van der Waals surface area (Å²) in [4.78, 5) is 2.35. The molecular weight excluding hydrogens is 471 g/mol. The highest BCUT2D eigenvalue weighted by Gasteiger charge is 2.12. The molecule has 0 spiro atoms. The monoisotopic (exact) mass is 492 g/mol. The van der Waals surface area contributed by atoms with Crippen LogP contribution < -0.4 is 14.3 Å². The number of aryl methyl sites for hydroxylation is 1. The van der Waals surface area contributed by atoms with E-state index in [1.807, 2.05) is 19.9 Å². The number of hydrogen-bond donors (Lipinski definition) is 1. The molecule has 3 aromatic carbocycles. The Morgan fingerprint density at radius 2 is 1.69 bits per heavy atom. The Morgan fingerprint density at radius 1 is 0.938 bits per heavy atom. The summed E-state index contributed by atoms with van der Waals surface area (Å²) < 4.78 is 36.2. The van der Waals surface area contributed by atoms with E-state index in [1.54, 1.807) is 42.5 Å². The van der Waals surface area contributed by atoms with Gasteiger partial charge in [-0.3, -0.25) is 0 Å². The Labute approximate surface area is 197 Å². The summed E-state index contributed by atoms with van der Waals surface area (Å²) in [5.74, 6) is 1.05. The molecular formula is C23H22Cl2N2O4S. The fourth-order valence-corrected chi connectivity index (χ4v) is 3.84. The molecule has 0 aromatic heterocycles. The number of rotatable bonds is 9. The molecule has 0 fully saturated rings. The molecule has 32 heavy (non-hydrogen) atoms. The normalized spacial score (nSPS) is 11.5. The maximum absolute atomic E-state index is 12.3. The molecule has 0 heterocycles. The van der Waals surface area contributed by atoms with Crippen molar-refractivity contribution in [1.82, 2.24) is 4.83 Å². The van der Waals surface area contributed by atoms with E-state index in [0.717, 1.165) is 11.1 Å². The molecule has 3 aromatic rings. The van der Waals surface area contributed by atoms with Crippen molar-refractivity contribution in [2.24, 2.45) is 5.10 Å². The number of nitrogens with zero attached hydrogens (tertiary/aromatic N) is 1. The van der Waals surface area contributed by atoms with Gasteiger partial charge in [-0.25, -0.2) is 4.83 Å². The molecule has 0 bridgehead atoms. The average molecular weight is 493 g/mol. The maximum Gasteiger partial charge on any atom is 0.276 e. The smallest absolute Gasteiger partial charge is 0.276 e. The number of nitrogens with one attached hydrogen (secondary N) is 1. The Kier molecular flexibility index (Phi) is 8.01. The molecule has 0 aliphatic rings. The van der Waals surface area contributed by atoms with E-state index in [2.05, 4.69) is 9.93 Å². The molecule has 9 heteroatoms. The summed E-state index contributed by atoms with van der Waals surface area (Å²) in [6.45, 7) is 4.46. The molecule has 0 amide bonds. The van der Waals surface area contributed by atoms with Gasteiger partial charge in [-0.2, -0.15) is 13.5 Å². The van der Waals surface area contributed by atoms with Crippen molar-refractivity contribution >= 4 is 39.4 Å². The number of benzene rings is 3. The standard InChI is InChI=1S/C23H22Cl2N2O4S/c1-3-30-23-13-17(14-26-27-32(28,29)19-8-4-16(2)5-9-19)7-11-22(23)31-15-18-6-10-20(24)21(25)12-18/h4-14,27H,3,15H2,1-2H3/b26-14-. The third-order valence-corrected chi connectivity index (χ3v) is 6.34. The lowest BCUT2D eigenvalue weighted by Gasteiger charge is -2.13. The van der Waals surface area contributed by atoms with Crippen LogP contribution in [-0.2, 0) is 16.6 Å². The predicted molar refractivity (Wildman–Crippen MR) is 127 cm³/mol. The first-order valence-electron chi connectivity index (χ1n) is 9.73. The lowest BCUT2D eigenvalue weighted by atomic mass is 10.2. The Balaban J connectivity index is 1.70. The van der Waals surface area contributed by atoms with Crippen LogP contribution in [0.15, 0.2) is 70.7 Å². The second kappa shape index (κ2) is 10.7. The van der Waals surface area contributed by atoms with Crippen molar-refractivity contribution in [3.05, 3.63) is 87.4 Å². The number of sulfonamides is 1. The van der Waals surface area contributed by atoms with Crippen molar-refractivity contribution in [2.45, 2.75) is 25.3 Å². The topological polar surface area (TPSA) is 77.0 Å². The first kappa shape index (κ1) is 23.9. The highest BCUT2D eigenvalue weighted by atomic mass is 35.5. The minimum absolute atomic E-state index is 0.140. The molecule has 168 valence electrons. The van der Waals surface area contributed by atoms with Crippen molar-refractivity contribution in [3.63, 3.8) is 0 Å². The lowest BCUT2D eigenvalue weighted by Crippen LogP contribution is -2.18. The summed E-state index contributed by atoms with van der Waals surface area (Å²) >= 11 is 12.0. The van der Waals surface area contributed by atoms with Gasteiger partial charge in [0, 0.05) is 0 Å². The summed E-state index contributed by atoms with van der Waals surface area (Å²) in [5, 5.41) is 4.80. The molecule has 0 atom stereocenters. The van der Waals surface area contributed by atoms with Gasteiger partial charge in [0.1, 0.15) is 6.61 Å². The first-order valence-corrected chi connectivity index (χ1v) is 12.0. The van der Waals surface area contributed by atoms with E-state index < -0.39 is 10.0 Å². The predicted octanol–water partition coefficient (Wildman–Crippen LogP) is 5.59. The molecule has 3 rings (SSSR count). The largest absolute Gasteiger partial charge is 0.490 e. The van der Waals surface area contributed by atoms with Crippen LogP contribution in [0, 0.1) is 6.92 Å². The van der Waals surface area contributed by atoms with Gasteiger partial charge >= 0.3 is 0 Å². The summed E-state index contributed by atoms with van der Waals surface area (Å²) in [7, 11) is -3.75. The van der Waals surface area contributed by atoms with Gasteiger partial charge in [0.2, 0.25) is 0 Å². The zero-order valence-electron chi connectivity index (χ0n) is 17.5. The van der Waals surface area contributed by atoms with E-state index in [1.165, 1.54) is 18.3 Å². The maximum atomic E-state index is 12.3. The van der Waals surface area contributed by atoms with E-state index in [-0.39, 0.29) is 11.5 Å². The minimum Gasteiger partial charge on any atom is -0.490 e. The third kappa shape index (κ3) is 6.38. The fourth-order valence-electron chi connectivity index (χ4n) is 2.72. The zero-order valence-corrected chi connectivity index (χ0v) is 19.8. The quantitative estimate of drug-likeness (QED) is 0.311. The lowest BCUT2D eigenvalue weighted by molar-refractivity contribution is 0.269. The van der Waals surface area contributed by atoms with E-state index >= 15 is 0 Å². The van der Waals surface area contributed by atoms with Crippen molar-refractivity contribution in [1.29, 1.82) is 0 Å². The summed E-state index contributed by atoms with van der Waals surface area (Å²) in [5.41, 5.74) is 2.47. The SMILES string of the molecule is CCOc1cc(/C=N\NS(=O)(=O)c2ccc(C)cc2)ccc1OCc1ccc(Cl)c(Cl)c1. The van der Waals surface area contributed by atoms with Crippen molar-refractivity contribution in [3.8, 4) is 11.5 Å². The minimum atomic E-state index is -3.75. The average Bonchev–Trinajstić information content (AvgIpc) is 2.76. The third-order valence-electron chi connectivity index (χ3n) is 4.36. The number of halogens is 2.